The summed E-state index contributed by atoms with van der Waals surface area (Å²) >= 11 is 2.89. The van der Waals surface area contributed by atoms with Crippen molar-refractivity contribution in [1.82, 2.24) is 14.7 Å². The molecular weight excluding hydrogens is 306 g/mol. The fourth-order valence-corrected chi connectivity index (χ4v) is 3.45. The number of carbonyl (C=O) groups is 1. The molecule has 0 fully saturated rings. The number of anilines is 2. The first-order valence-corrected chi connectivity index (χ1v) is 8.35. The van der Waals surface area contributed by atoms with E-state index in [1.54, 1.807) is 18.4 Å². The molecule has 0 aromatic carbocycles. The van der Waals surface area contributed by atoms with Gasteiger partial charge in [0.2, 0.25) is 5.91 Å². The van der Waals surface area contributed by atoms with Gasteiger partial charge in [0.15, 0.2) is 0 Å². The second kappa shape index (κ2) is 6.86. The standard InChI is InChI=1S/C13H19N5OS2/c1-4-5-18(6-10(19)15-3)13-11(12(14)17-21-13)9-7-20-8(2)16-9/h7H,4-6H2,1-3H3,(H2,14,17)(H,15,19). The summed E-state index contributed by atoms with van der Waals surface area (Å²) in [6.07, 6.45) is 0.935. The number of hydrogen-bond donors (Lipinski definition) is 2. The number of aryl methyl sites for hydroxylation is 1. The first-order chi connectivity index (χ1) is 10.1. The summed E-state index contributed by atoms with van der Waals surface area (Å²) in [5.74, 6) is 0.439. The van der Waals surface area contributed by atoms with Gasteiger partial charge in [-0.15, -0.1) is 11.3 Å². The van der Waals surface area contributed by atoms with E-state index in [-0.39, 0.29) is 5.91 Å². The lowest BCUT2D eigenvalue weighted by atomic mass is 10.2. The van der Waals surface area contributed by atoms with Crippen molar-refractivity contribution in [3.63, 3.8) is 0 Å². The zero-order valence-corrected chi connectivity index (χ0v) is 14.0. The third-order valence-corrected chi connectivity index (χ3v) is 4.67. The fraction of sp³-hybridized carbons (Fsp3) is 0.462. The van der Waals surface area contributed by atoms with Crippen molar-refractivity contribution in [2.24, 2.45) is 0 Å². The minimum Gasteiger partial charge on any atom is -0.382 e. The molecule has 0 aliphatic rings. The number of amides is 1. The number of nitrogen functional groups attached to an aromatic ring is 1. The van der Waals surface area contributed by atoms with Crippen molar-refractivity contribution >= 4 is 39.6 Å². The normalized spacial score (nSPS) is 10.6. The molecule has 21 heavy (non-hydrogen) atoms. The second-order valence-electron chi connectivity index (χ2n) is 4.59. The quantitative estimate of drug-likeness (QED) is 0.850. The molecular formula is C13H19N5OS2. The van der Waals surface area contributed by atoms with Crippen LogP contribution in [0, 0.1) is 6.92 Å². The van der Waals surface area contributed by atoms with Crippen molar-refractivity contribution in [2.75, 3.05) is 30.8 Å². The molecule has 0 spiro atoms. The molecule has 3 N–H and O–H groups in total. The highest BCUT2D eigenvalue weighted by Gasteiger charge is 2.22. The molecule has 6 nitrogen and oxygen atoms in total. The second-order valence-corrected chi connectivity index (χ2v) is 6.41. The van der Waals surface area contributed by atoms with Gasteiger partial charge < -0.3 is 16.0 Å². The lowest BCUT2D eigenvalue weighted by Gasteiger charge is -2.22. The van der Waals surface area contributed by atoms with Gasteiger partial charge in [-0.25, -0.2) is 4.98 Å². The molecule has 1 amide bonds. The molecule has 0 atom stereocenters. The van der Waals surface area contributed by atoms with Gasteiger partial charge in [0.05, 0.1) is 22.8 Å². The average Bonchev–Trinajstić information content (AvgIpc) is 3.04. The molecule has 2 aromatic heterocycles. The molecule has 2 aromatic rings. The monoisotopic (exact) mass is 325 g/mol. The summed E-state index contributed by atoms with van der Waals surface area (Å²) in [4.78, 5) is 18.2. The van der Waals surface area contributed by atoms with Crippen LogP contribution in [0.25, 0.3) is 11.3 Å². The van der Waals surface area contributed by atoms with E-state index in [0.29, 0.717) is 12.4 Å². The summed E-state index contributed by atoms with van der Waals surface area (Å²) in [7, 11) is 1.64. The van der Waals surface area contributed by atoms with Crippen molar-refractivity contribution in [3.8, 4) is 11.3 Å². The largest absolute Gasteiger partial charge is 0.382 e. The Balaban J connectivity index is 2.39. The van der Waals surface area contributed by atoms with Crippen LogP contribution in [0.4, 0.5) is 10.8 Å². The fourth-order valence-electron chi connectivity index (χ4n) is 2.00. The maximum atomic E-state index is 11.7. The number of nitrogens with zero attached hydrogens (tertiary/aromatic N) is 3. The van der Waals surface area contributed by atoms with Crippen LogP contribution in [-0.4, -0.2) is 35.4 Å². The van der Waals surface area contributed by atoms with Crippen molar-refractivity contribution in [3.05, 3.63) is 10.4 Å². The van der Waals surface area contributed by atoms with Crippen molar-refractivity contribution < 1.29 is 4.79 Å². The van der Waals surface area contributed by atoms with E-state index < -0.39 is 0 Å². The zero-order valence-electron chi connectivity index (χ0n) is 12.3. The lowest BCUT2D eigenvalue weighted by Crippen LogP contribution is -2.36. The number of thiazole rings is 1. The Bertz CT molecular complexity index is 622. The van der Waals surface area contributed by atoms with E-state index in [0.717, 1.165) is 34.2 Å². The van der Waals surface area contributed by atoms with Crippen molar-refractivity contribution in [1.29, 1.82) is 0 Å². The molecule has 0 aliphatic heterocycles. The third-order valence-electron chi connectivity index (χ3n) is 2.97. The Morgan fingerprint density at radius 3 is 2.86 bits per heavy atom. The summed E-state index contributed by atoms with van der Waals surface area (Å²) < 4.78 is 4.25. The molecule has 0 unspecified atom stereocenters. The third kappa shape index (κ3) is 3.51. The molecule has 0 bridgehead atoms. The van der Waals surface area contributed by atoms with E-state index in [4.69, 9.17) is 5.73 Å². The van der Waals surface area contributed by atoms with Crippen LogP contribution >= 0.6 is 22.9 Å². The molecule has 2 rings (SSSR count). The van der Waals surface area contributed by atoms with Crippen LogP contribution in [0.1, 0.15) is 18.4 Å². The lowest BCUT2D eigenvalue weighted by molar-refractivity contribution is -0.119. The molecule has 2 heterocycles. The van der Waals surface area contributed by atoms with Gasteiger partial charge in [0, 0.05) is 19.0 Å². The predicted molar refractivity (Wildman–Crippen MR) is 88.9 cm³/mol. The van der Waals surface area contributed by atoms with Gasteiger partial charge in [0.25, 0.3) is 0 Å². The minimum atomic E-state index is -0.0316. The highest BCUT2D eigenvalue weighted by Crippen LogP contribution is 2.39. The number of rotatable bonds is 6. The van der Waals surface area contributed by atoms with E-state index >= 15 is 0 Å². The number of nitrogens with one attached hydrogen (secondary N) is 1. The SMILES string of the molecule is CCCN(CC(=O)NC)c1snc(N)c1-c1csc(C)n1. The smallest absolute Gasteiger partial charge is 0.239 e. The summed E-state index contributed by atoms with van der Waals surface area (Å²) in [6.45, 7) is 5.10. The Morgan fingerprint density at radius 1 is 1.52 bits per heavy atom. The molecule has 0 saturated carbocycles. The number of hydrogen-bond acceptors (Lipinski definition) is 7. The predicted octanol–water partition coefficient (Wildman–Crippen LogP) is 2.12. The van der Waals surface area contributed by atoms with E-state index in [1.165, 1.54) is 11.5 Å². The highest BCUT2D eigenvalue weighted by atomic mass is 32.1. The number of aromatic nitrogens is 2. The molecule has 0 radical (unpaired) electrons. The maximum Gasteiger partial charge on any atom is 0.239 e. The van der Waals surface area contributed by atoms with Crippen LogP contribution in [0.3, 0.4) is 0 Å². The van der Waals surface area contributed by atoms with Gasteiger partial charge in [-0.05, 0) is 24.9 Å². The van der Waals surface area contributed by atoms with Crippen LogP contribution < -0.4 is 16.0 Å². The van der Waals surface area contributed by atoms with E-state index in [2.05, 4.69) is 21.6 Å². The Kier molecular flexibility index (Phi) is 5.13. The molecule has 0 saturated heterocycles. The van der Waals surface area contributed by atoms with Crippen LogP contribution in [0.2, 0.25) is 0 Å². The first kappa shape index (κ1) is 15.7. The summed E-state index contributed by atoms with van der Waals surface area (Å²) in [6, 6.07) is 0. The average molecular weight is 325 g/mol. The Labute approximate surface area is 132 Å². The van der Waals surface area contributed by atoms with E-state index in [9.17, 15) is 4.79 Å². The van der Waals surface area contributed by atoms with Crippen LogP contribution in [0.5, 0.6) is 0 Å². The van der Waals surface area contributed by atoms with Crippen LogP contribution in [-0.2, 0) is 4.79 Å². The van der Waals surface area contributed by atoms with Gasteiger partial charge in [-0.2, -0.15) is 4.37 Å². The topological polar surface area (TPSA) is 84.1 Å². The molecule has 114 valence electrons. The van der Waals surface area contributed by atoms with Gasteiger partial charge in [-0.3, -0.25) is 4.79 Å². The Hall–Kier alpha value is -1.67. The van der Waals surface area contributed by atoms with Gasteiger partial charge >= 0.3 is 0 Å². The van der Waals surface area contributed by atoms with E-state index in [1.807, 2.05) is 17.2 Å². The number of likely N-dealkylation sites (N-methyl/N-ethyl adjacent to an activating group) is 1. The summed E-state index contributed by atoms with van der Waals surface area (Å²) in [5, 5.41) is 6.51. The van der Waals surface area contributed by atoms with Gasteiger partial charge in [-0.1, -0.05) is 6.92 Å². The maximum absolute atomic E-state index is 11.7. The highest BCUT2D eigenvalue weighted by molar-refractivity contribution is 7.11. The first-order valence-electron chi connectivity index (χ1n) is 6.70. The number of nitrogens with two attached hydrogens (primary N) is 1. The zero-order chi connectivity index (χ0) is 15.4. The van der Waals surface area contributed by atoms with Crippen molar-refractivity contribution in [2.45, 2.75) is 20.3 Å². The minimum absolute atomic E-state index is 0.0316. The summed E-state index contributed by atoms with van der Waals surface area (Å²) in [5.41, 5.74) is 7.68. The van der Waals surface area contributed by atoms with Crippen LogP contribution in [0.15, 0.2) is 5.38 Å². The van der Waals surface area contributed by atoms with Gasteiger partial charge in [0.1, 0.15) is 10.8 Å². The molecule has 8 heteroatoms. The Morgan fingerprint density at radius 2 is 2.29 bits per heavy atom. The molecule has 0 aliphatic carbocycles. The number of carbonyl (C=O) groups excluding carboxylic acids is 1.